The molecule has 1 aliphatic rings. The molecule has 0 saturated carbocycles. The van der Waals surface area contributed by atoms with E-state index in [0.29, 0.717) is 36.9 Å². The van der Waals surface area contributed by atoms with Crippen LogP contribution in [0.15, 0.2) is 36.4 Å². The Kier molecular flexibility index (Phi) is 6.96. The summed E-state index contributed by atoms with van der Waals surface area (Å²) in [7, 11) is 0. The molecule has 9 nitrogen and oxygen atoms in total. The van der Waals surface area contributed by atoms with Crippen molar-refractivity contribution < 1.29 is 19.2 Å². The van der Waals surface area contributed by atoms with Crippen molar-refractivity contribution in [2.75, 3.05) is 43.0 Å². The molecular formula is C21H23ClN4O5. The SMILES string of the molecule is CCOc1ccc(C(=O)Nc2ccc(N3CCN(C(C)=O)CC3)c(Cl)c2)cc1[N+](=O)[O-]. The lowest BCUT2D eigenvalue weighted by Gasteiger charge is -2.36. The van der Waals surface area contributed by atoms with Crippen LogP contribution in [0, 0.1) is 10.1 Å². The number of ether oxygens (including phenoxy) is 1. The van der Waals surface area contributed by atoms with E-state index < -0.39 is 10.8 Å². The minimum atomic E-state index is -0.584. The number of hydrogen-bond acceptors (Lipinski definition) is 6. The van der Waals surface area contributed by atoms with Gasteiger partial charge in [0.1, 0.15) is 0 Å². The number of rotatable bonds is 6. The third-order valence-electron chi connectivity index (χ3n) is 4.99. The second-order valence-electron chi connectivity index (χ2n) is 6.99. The lowest BCUT2D eigenvalue weighted by molar-refractivity contribution is -0.385. The third kappa shape index (κ3) is 5.24. The molecule has 2 aromatic carbocycles. The van der Waals surface area contributed by atoms with Crippen molar-refractivity contribution >= 4 is 40.5 Å². The van der Waals surface area contributed by atoms with E-state index in [1.165, 1.54) is 18.2 Å². The molecule has 0 radical (unpaired) electrons. The second-order valence-corrected chi connectivity index (χ2v) is 7.39. The molecule has 10 heteroatoms. The van der Waals surface area contributed by atoms with E-state index in [-0.39, 0.29) is 29.5 Å². The predicted molar refractivity (Wildman–Crippen MR) is 118 cm³/mol. The molecule has 0 atom stereocenters. The molecule has 3 rings (SSSR count). The molecule has 1 heterocycles. The zero-order valence-corrected chi connectivity index (χ0v) is 18.0. The molecule has 2 aromatic rings. The Morgan fingerprint density at radius 3 is 2.45 bits per heavy atom. The summed E-state index contributed by atoms with van der Waals surface area (Å²) >= 11 is 6.43. The summed E-state index contributed by atoms with van der Waals surface area (Å²) in [5.74, 6) is -0.329. The highest BCUT2D eigenvalue weighted by atomic mass is 35.5. The van der Waals surface area contributed by atoms with E-state index in [1.54, 1.807) is 30.9 Å². The first kappa shape index (κ1) is 22.4. The monoisotopic (exact) mass is 446 g/mol. The van der Waals surface area contributed by atoms with E-state index in [1.807, 2.05) is 6.07 Å². The van der Waals surface area contributed by atoms with Crippen molar-refractivity contribution in [3.63, 3.8) is 0 Å². The van der Waals surface area contributed by atoms with Crippen LogP contribution in [0.4, 0.5) is 17.1 Å². The van der Waals surface area contributed by atoms with Gasteiger partial charge in [-0.05, 0) is 37.3 Å². The molecule has 1 fully saturated rings. The van der Waals surface area contributed by atoms with E-state index in [9.17, 15) is 19.7 Å². The first-order chi connectivity index (χ1) is 14.8. The number of anilines is 2. The standard InChI is InChI=1S/C21H23ClN4O5/c1-3-31-20-7-4-15(12-19(20)26(29)30)21(28)23-16-5-6-18(17(22)13-16)25-10-8-24(9-11-25)14(2)27/h4-7,12-13H,3,8-11H2,1-2H3,(H,23,28). The number of halogens is 1. The molecule has 0 bridgehead atoms. The van der Waals surface area contributed by atoms with Crippen LogP contribution in [0.2, 0.25) is 5.02 Å². The number of carbonyl (C=O) groups excluding carboxylic acids is 2. The number of piperazine rings is 1. The van der Waals surface area contributed by atoms with Gasteiger partial charge in [0.05, 0.1) is 22.2 Å². The van der Waals surface area contributed by atoms with Crippen LogP contribution in [-0.2, 0) is 4.79 Å². The second kappa shape index (κ2) is 9.65. The normalized spacial score (nSPS) is 13.6. The van der Waals surface area contributed by atoms with Gasteiger partial charge in [0, 0.05) is 50.4 Å². The van der Waals surface area contributed by atoms with E-state index >= 15 is 0 Å². The highest BCUT2D eigenvalue weighted by Crippen LogP contribution is 2.31. The molecule has 0 unspecified atom stereocenters. The van der Waals surface area contributed by atoms with Crippen molar-refractivity contribution in [2.45, 2.75) is 13.8 Å². The Labute approximate surface area is 184 Å². The van der Waals surface area contributed by atoms with Gasteiger partial charge in [-0.3, -0.25) is 19.7 Å². The van der Waals surface area contributed by atoms with Crippen LogP contribution in [0.25, 0.3) is 0 Å². The van der Waals surface area contributed by atoms with Crippen LogP contribution in [0.1, 0.15) is 24.2 Å². The number of nitro benzene ring substituents is 1. The molecular weight excluding hydrogens is 424 g/mol. The quantitative estimate of drug-likeness (QED) is 0.537. The van der Waals surface area contributed by atoms with Gasteiger partial charge in [-0.2, -0.15) is 0 Å². The molecule has 0 aliphatic carbocycles. The Balaban J connectivity index is 1.71. The summed E-state index contributed by atoms with van der Waals surface area (Å²) in [6, 6.07) is 9.23. The summed E-state index contributed by atoms with van der Waals surface area (Å²) in [4.78, 5) is 38.6. The largest absolute Gasteiger partial charge is 0.487 e. The summed E-state index contributed by atoms with van der Waals surface area (Å²) < 4.78 is 5.24. The van der Waals surface area contributed by atoms with E-state index in [0.717, 1.165) is 5.69 Å². The Morgan fingerprint density at radius 1 is 1.16 bits per heavy atom. The van der Waals surface area contributed by atoms with Crippen molar-refractivity contribution in [2.24, 2.45) is 0 Å². The van der Waals surface area contributed by atoms with Gasteiger partial charge in [0.25, 0.3) is 5.91 Å². The maximum Gasteiger partial charge on any atom is 0.311 e. The Morgan fingerprint density at radius 2 is 1.87 bits per heavy atom. The highest BCUT2D eigenvalue weighted by molar-refractivity contribution is 6.33. The van der Waals surface area contributed by atoms with Crippen LogP contribution in [0.5, 0.6) is 5.75 Å². The fourth-order valence-corrected chi connectivity index (χ4v) is 3.69. The van der Waals surface area contributed by atoms with E-state index in [4.69, 9.17) is 16.3 Å². The lowest BCUT2D eigenvalue weighted by atomic mass is 10.1. The molecule has 2 amide bonds. The molecule has 1 N–H and O–H groups in total. The fourth-order valence-electron chi connectivity index (χ4n) is 3.39. The molecule has 31 heavy (non-hydrogen) atoms. The van der Waals surface area contributed by atoms with Gasteiger partial charge < -0.3 is 19.9 Å². The minimum Gasteiger partial charge on any atom is -0.487 e. The lowest BCUT2D eigenvalue weighted by Crippen LogP contribution is -2.48. The number of nitrogens with zero attached hydrogens (tertiary/aromatic N) is 3. The molecule has 1 saturated heterocycles. The zero-order valence-electron chi connectivity index (χ0n) is 17.3. The third-order valence-corrected chi connectivity index (χ3v) is 5.29. The molecule has 1 aliphatic heterocycles. The Hall–Kier alpha value is -3.33. The maximum atomic E-state index is 12.6. The number of benzene rings is 2. The highest BCUT2D eigenvalue weighted by Gasteiger charge is 2.21. The van der Waals surface area contributed by atoms with E-state index in [2.05, 4.69) is 10.2 Å². The number of nitro groups is 1. The summed E-state index contributed by atoms with van der Waals surface area (Å²) in [6.07, 6.45) is 0. The summed E-state index contributed by atoms with van der Waals surface area (Å²) in [6.45, 7) is 6.14. The summed E-state index contributed by atoms with van der Waals surface area (Å²) in [5, 5.41) is 14.4. The predicted octanol–water partition coefficient (Wildman–Crippen LogP) is 3.57. The average molecular weight is 447 g/mol. The number of carbonyl (C=O) groups is 2. The van der Waals surface area contributed by atoms with Crippen LogP contribution < -0.4 is 15.0 Å². The zero-order chi connectivity index (χ0) is 22.5. The van der Waals surface area contributed by atoms with Crippen molar-refractivity contribution in [1.82, 2.24) is 4.90 Å². The van der Waals surface area contributed by atoms with Crippen LogP contribution >= 0.6 is 11.6 Å². The van der Waals surface area contributed by atoms with Gasteiger partial charge in [0.15, 0.2) is 5.75 Å². The number of amides is 2. The first-order valence-electron chi connectivity index (χ1n) is 9.82. The maximum absolute atomic E-state index is 12.6. The van der Waals surface area contributed by atoms with Gasteiger partial charge >= 0.3 is 5.69 Å². The molecule has 0 aromatic heterocycles. The van der Waals surface area contributed by atoms with Crippen molar-refractivity contribution in [3.05, 3.63) is 57.1 Å². The van der Waals surface area contributed by atoms with Gasteiger partial charge in [-0.15, -0.1) is 0 Å². The van der Waals surface area contributed by atoms with Gasteiger partial charge in [-0.25, -0.2) is 0 Å². The van der Waals surface area contributed by atoms with Crippen LogP contribution in [-0.4, -0.2) is 54.4 Å². The molecule has 164 valence electrons. The first-order valence-corrected chi connectivity index (χ1v) is 10.2. The number of hydrogen-bond donors (Lipinski definition) is 1. The number of nitrogens with one attached hydrogen (secondary N) is 1. The smallest absolute Gasteiger partial charge is 0.311 e. The van der Waals surface area contributed by atoms with Crippen molar-refractivity contribution in [1.29, 1.82) is 0 Å². The molecule has 0 spiro atoms. The van der Waals surface area contributed by atoms with Gasteiger partial charge in [0.2, 0.25) is 5.91 Å². The van der Waals surface area contributed by atoms with Crippen LogP contribution in [0.3, 0.4) is 0 Å². The van der Waals surface area contributed by atoms with Gasteiger partial charge in [-0.1, -0.05) is 11.6 Å². The Bertz CT molecular complexity index is 1010. The average Bonchev–Trinajstić information content (AvgIpc) is 2.74. The topological polar surface area (TPSA) is 105 Å². The fraction of sp³-hybridized carbons (Fsp3) is 0.333. The minimum absolute atomic E-state index is 0.0540. The van der Waals surface area contributed by atoms with Crippen molar-refractivity contribution in [3.8, 4) is 5.75 Å². The summed E-state index contributed by atoms with van der Waals surface area (Å²) in [5.41, 5.74) is 1.15.